The van der Waals surface area contributed by atoms with Crippen molar-refractivity contribution < 1.29 is 13.2 Å². The maximum Gasteiger partial charge on any atom is 0.261 e. The molecule has 0 saturated heterocycles. The van der Waals surface area contributed by atoms with E-state index >= 15 is 0 Å². The number of benzene rings is 3. The van der Waals surface area contributed by atoms with Gasteiger partial charge in [0.1, 0.15) is 0 Å². The van der Waals surface area contributed by atoms with E-state index in [0.717, 1.165) is 22.4 Å². The summed E-state index contributed by atoms with van der Waals surface area (Å²) in [5, 5.41) is 5.13. The minimum absolute atomic E-state index is 0.157. The number of carbonyl (C=O) groups is 1. The predicted octanol–water partition coefficient (Wildman–Crippen LogP) is 5.48. The maximum absolute atomic E-state index is 12.7. The number of hydrogen-bond acceptors (Lipinski definition) is 5. The fourth-order valence-corrected chi connectivity index (χ4v) is 4.78. The average Bonchev–Trinajstić information content (AvgIpc) is 3.23. The third kappa shape index (κ3) is 5.04. The Balaban J connectivity index is 1.48. The molecule has 4 rings (SSSR count). The maximum atomic E-state index is 12.7. The highest BCUT2D eigenvalue weighted by Crippen LogP contribution is 2.26. The molecule has 0 aliphatic heterocycles. The standard InChI is InChI=1S/C24H21N3O3S2/c1-16-6-10-18(11-7-16)22-15-31-24(25-22)26-23(28)19-4-3-5-20(14-19)27-32(29,30)21-12-8-17(2)9-13-21/h3-15,27H,1-2H3,(H,25,26,28). The van der Waals surface area contributed by atoms with Gasteiger partial charge in [-0.25, -0.2) is 13.4 Å². The zero-order valence-corrected chi connectivity index (χ0v) is 19.1. The predicted molar refractivity (Wildman–Crippen MR) is 129 cm³/mol. The number of aryl methyl sites for hydroxylation is 2. The summed E-state index contributed by atoms with van der Waals surface area (Å²) in [6.45, 7) is 3.91. The van der Waals surface area contributed by atoms with Gasteiger partial charge in [-0.1, -0.05) is 53.6 Å². The van der Waals surface area contributed by atoms with E-state index in [2.05, 4.69) is 15.0 Å². The van der Waals surface area contributed by atoms with Crippen LogP contribution in [0.1, 0.15) is 21.5 Å². The fraction of sp³-hybridized carbons (Fsp3) is 0.0833. The fourth-order valence-electron chi connectivity index (χ4n) is 3.01. The highest BCUT2D eigenvalue weighted by molar-refractivity contribution is 7.92. The van der Waals surface area contributed by atoms with Crippen LogP contribution in [0.25, 0.3) is 11.3 Å². The summed E-state index contributed by atoms with van der Waals surface area (Å²) in [5.74, 6) is -0.369. The molecule has 0 saturated carbocycles. The Morgan fingerprint density at radius 1 is 0.906 bits per heavy atom. The Kier molecular flexibility index (Phi) is 6.07. The normalized spacial score (nSPS) is 11.2. The summed E-state index contributed by atoms with van der Waals surface area (Å²) in [7, 11) is -3.75. The molecule has 8 heteroatoms. The van der Waals surface area contributed by atoms with Gasteiger partial charge in [-0.2, -0.15) is 0 Å². The van der Waals surface area contributed by atoms with E-state index in [0.29, 0.717) is 16.4 Å². The summed E-state index contributed by atoms with van der Waals surface area (Å²) >= 11 is 1.33. The van der Waals surface area contributed by atoms with Crippen molar-refractivity contribution in [3.05, 3.63) is 94.9 Å². The first-order chi connectivity index (χ1) is 15.3. The summed E-state index contributed by atoms with van der Waals surface area (Å²) < 4.78 is 27.8. The van der Waals surface area contributed by atoms with Crippen molar-refractivity contribution in [2.24, 2.45) is 0 Å². The molecule has 1 amide bonds. The number of thiazole rings is 1. The molecule has 2 N–H and O–H groups in total. The molecule has 3 aromatic carbocycles. The number of hydrogen-bond donors (Lipinski definition) is 2. The van der Waals surface area contributed by atoms with Crippen molar-refractivity contribution in [2.75, 3.05) is 10.0 Å². The molecule has 32 heavy (non-hydrogen) atoms. The Morgan fingerprint density at radius 3 is 2.25 bits per heavy atom. The second-order valence-electron chi connectivity index (χ2n) is 7.36. The van der Waals surface area contributed by atoms with Crippen molar-refractivity contribution in [3.63, 3.8) is 0 Å². The van der Waals surface area contributed by atoms with Crippen LogP contribution in [-0.2, 0) is 10.0 Å². The minimum Gasteiger partial charge on any atom is -0.298 e. The van der Waals surface area contributed by atoms with E-state index in [9.17, 15) is 13.2 Å². The number of anilines is 2. The van der Waals surface area contributed by atoms with E-state index in [4.69, 9.17) is 0 Å². The van der Waals surface area contributed by atoms with E-state index in [1.54, 1.807) is 42.5 Å². The molecule has 0 radical (unpaired) electrons. The molecular formula is C24H21N3O3S2. The first kappa shape index (κ1) is 21.7. The lowest BCUT2D eigenvalue weighted by atomic mass is 10.1. The van der Waals surface area contributed by atoms with Crippen molar-refractivity contribution >= 4 is 38.1 Å². The smallest absolute Gasteiger partial charge is 0.261 e. The molecule has 1 heterocycles. The number of sulfonamides is 1. The topological polar surface area (TPSA) is 88.2 Å². The number of rotatable bonds is 6. The van der Waals surface area contributed by atoms with Crippen LogP contribution in [-0.4, -0.2) is 19.3 Å². The minimum atomic E-state index is -3.75. The van der Waals surface area contributed by atoms with Crippen molar-refractivity contribution in [1.82, 2.24) is 4.98 Å². The monoisotopic (exact) mass is 463 g/mol. The highest BCUT2D eigenvalue weighted by Gasteiger charge is 2.16. The SMILES string of the molecule is Cc1ccc(-c2csc(NC(=O)c3cccc(NS(=O)(=O)c4ccc(C)cc4)c3)n2)cc1. The lowest BCUT2D eigenvalue weighted by Gasteiger charge is -2.10. The Morgan fingerprint density at radius 2 is 1.56 bits per heavy atom. The quantitative estimate of drug-likeness (QED) is 0.396. The zero-order chi connectivity index (χ0) is 22.7. The molecule has 162 valence electrons. The summed E-state index contributed by atoms with van der Waals surface area (Å²) in [4.78, 5) is 17.3. The van der Waals surface area contributed by atoms with Gasteiger partial charge in [0.05, 0.1) is 10.6 Å². The van der Waals surface area contributed by atoms with Gasteiger partial charge in [0, 0.05) is 22.2 Å². The van der Waals surface area contributed by atoms with Crippen LogP contribution in [0.3, 0.4) is 0 Å². The summed E-state index contributed by atoms with van der Waals surface area (Å²) in [6.07, 6.45) is 0. The van der Waals surface area contributed by atoms with Crippen LogP contribution >= 0.6 is 11.3 Å². The Bertz CT molecular complexity index is 1360. The van der Waals surface area contributed by atoms with Crippen molar-refractivity contribution in [1.29, 1.82) is 0 Å². The van der Waals surface area contributed by atoms with Crippen molar-refractivity contribution in [3.8, 4) is 11.3 Å². The molecule has 0 fully saturated rings. The van der Waals surface area contributed by atoms with Crippen LogP contribution in [0.5, 0.6) is 0 Å². The lowest BCUT2D eigenvalue weighted by molar-refractivity contribution is 0.102. The largest absolute Gasteiger partial charge is 0.298 e. The van der Waals surface area contributed by atoms with Gasteiger partial charge >= 0.3 is 0 Å². The second kappa shape index (κ2) is 8.94. The van der Waals surface area contributed by atoms with Gasteiger partial charge in [-0.3, -0.25) is 14.8 Å². The summed E-state index contributed by atoms with van der Waals surface area (Å²) in [6, 6.07) is 20.9. The Labute approximate surface area is 191 Å². The lowest BCUT2D eigenvalue weighted by Crippen LogP contribution is -2.15. The molecule has 0 atom stereocenters. The third-order valence-electron chi connectivity index (χ3n) is 4.78. The first-order valence-corrected chi connectivity index (χ1v) is 12.2. The molecule has 0 bridgehead atoms. The number of carbonyl (C=O) groups excluding carboxylic acids is 1. The molecular weight excluding hydrogens is 442 g/mol. The molecule has 6 nitrogen and oxygen atoms in total. The average molecular weight is 464 g/mol. The van der Waals surface area contributed by atoms with E-state index in [1.807, 2.05) is 43.5 Å². The number of nitrogens with zero attached hydrogens (tertiary/aromatic N) is 1. The van der Waals surface area contributed by atoms with Crippen LogP contribution in [0.2, 0.25) is 0 Å². The molecule has 1 aromatic heterocycles. The number of amides is 1. The van der Waals surface area contributed by atoms with Gasteiger partial charge in [0.15, 0.2) is 5.13 Å². The van der Waals surface area contributed by atoms with Gasteiger partial charge in [0.2, 0.25) is 0 Å². The van der Waals surface area contributed by atoms with Crippen LogP contribution < -0.4 is 10.0 Å². The first-order valence-electron chi connectivity index (χ1n) is 9.84. The number of nitrogens with one attached hydrogen (secondary N) is 2. The molecule has 4 aromatic rings. The van der Waals surface area contributed by atoms with Crippen LogP contribution in [0.15, 0.2) is 83.1 Å². The van der Waals surface area contributed by atoms with Gasteiger partial charge in [-0.05, 0) is 44.2 Å². The van der Waals surface area contributed by atoms with E-state index < -0.39 is 10.0 Å². The van der Waals surface area contributed by atoms with E-state index in [1.165, 1.54) is 17.4 Å². The van der Waals surface area contributed by atoms with Crippen LogP contribution in [0.4, 0.5) is 10.8 Å². The highest BCUT2D eigenvalue weighted by atomic mass is 32.2. The van der Waals surface area contributed by atoms with Gasteiger partial charge in [0.25, 0.3) is 15.9 Å². The van der Waals surface area contributed by atoms with Crippen LogP contribution in [0, 0.1) is 13.8 Å². The Hall–Kier alpha value is -3.49. The molecule has 0 spiro atoms. The summed E-state index contributed by atoms with van der Waals surface area (Å²) in [5.41, 5.74) is 4.51. The van der Waals surface area contributed by atoms with Gasteiger partial charge in [-0.15, -0.1) is 11.3 Å². The van der Waals surface area contributed by atoms with E-state index in [-0.39, 0.29) is 10.8 Å². The molecule has 0 aliphatic rings. The number of aromatic nitrogens is 1. The third-order valence-corrected chi connectivity index (χ3v) is 6.94. The molecule has 0 unspecified atom stereocenters. The zero-order valence-electron chi connectivity index (χ0n) is 17.5. The van der Waals surface area contributed by atoms with Gasteiger partial charge < -0.3 is 0 Å². The molecule has 0 aliphatic carbocycles. The van der Waals surface area contributed by atoms with Crippen molar-refractivity contribution in [2.45, 2.75) is 18.7 Å². The second-order valence-corrected chi connectivity index (χ2v) is 9.90.